The van der Waals surface area contributed by atoms with Crippen LogP contribution in [-0.2, 0) is 9.67 Å². The third-order valence-electron chi connectivity index (χ3n) is 3.69. The van der Waals surface area contributed by atoms with Gasteiger partial charge in [0, 0.05) is 0 Å². The Morgan fingerprint density at radius 1 is 1.14 bits per heavy atom. The van der Waals surface area contributed by atoms with Gasteiger partial charge < -0.3 is 10.1 Å². The molecule has 0 spiro atoms. The summed E-state index contributed by atoms with van der Waals surface area (Å²) in [5.41, 5.74) is 3.34. The molecule has 21 heavy (non-hydrogen) atoms. The second kappa shape index (κ2) is 5.45. The van der Waals surface area contributed by atoms with Crippen molar-refractivity contribution in [2.45, 2.75) is 11.8 Å². The minimum atomic E-state index is -0.341. The second-order valence-electron chi connectivity index (χ2n) is 5.18. The van der Waals surface area contributed by atoms with Crippen molar-refractivity contribution in [1.82, 2.24) is 5.32 Å². The van der Waals surface area contributed by atoms with E-state index in [-0.39, 0.29) is 10.8 Å². The lowest BCUT2D eigenvalue weighted by molar-refractivity contribution is -0.118. The summed E-state index contributed by atoms with van der Waals surface area (Å²) in [5, 5.41) is 3.05. The average molecular weight is 299 g/mol. The minimum Gasteiger partial charge on any atom is -0.497 e. The zero-order valence-corrected chi connectivity index (χ0v) is 12.9. The third kappa shape index (κ3) is 2.76. The van der Waals surface area contributed by atoms with Gasteiger partial charge in [-0.2, -0.15) is 0 Å². The molecule has 2 aromatic carbocycles. The molecule has 1 atom stereocenters. The molecule has 0 bridgehead atoms. The summed E-state index contributed by atoms with van der Waals surface area (Å²) >= 11 is 1.63. The molecular formula is C17H17NO2S. The van der Waals surface area contributed by atoms with Crippen molar-refractivity contribution >= 4 is 17.7 Å². The number of ether oxygens (including phenoxy) is 1. The van der Waals surface area contributed by atoms with Crippen LogP contribution in [0.4, 0.5) is 0 Å². The highest BCUT2D eigenvalue weighted by Gasteiger charge is 2.35. The number of benzene rings is 2. The number of rotatable bonds is 3. The summed E-state index contributed by atoms with van der Waals surface area (Å²) in [6.45, 7) is 2.05. The van der Waals surface area contributed by atoms with Crippen LogP contribution in [0.25, 0.3) is 11.1 Å². The van der Waals surface area contributed by atoms with Crippen molar-refractivity contribution in [2.75, 3.05) is 12.9 Å². The number of hydrogen-bond donors (Lipinski definition) is 1. The monoisotopic (exact) mass is 299 g/mol. The maximum atomic E-state index is 11.5. The molecular weight excluding hydrogens is 282 g/mol. The van der Waals surface area contributed by atoms with E-state index in [9.17, 15) is 4.79 Å². The zero-order valence-electron chi connectivity index (χ0n) is 12.1. The fourth-order valence-corrected chi connectivity index (χ4v) is 3.47. The van der Waals surface area contributed by atoms with E-state index in [4.69, 9.17) is 4.74 Å². The molecule has 0 aliphatic carbocycles. The van der Waals surface area contributed by atoms with Crippen LogP contribution in [0.1, 0.15) is 12.5 Å². The van der Waals surface area contributed by atoms with Gasteiger partial charge in [0.2, 0.25) is 5.91 Å². The first-order valence-corrected chi connectivity index (χ1v) is 7.79. The van der Waals surface area contributed by atoms with E-state index < -0.39 is 0 Å². The highest BCUT2D eigenvalue weighted by molar-refractivity contribution is 8.01. The van der Waals surface area contributed by atoms with E-state index in [2.05, 4.69) is 29.6 Å². The van der Waals surface area contributed by atoms with Crippen LogP contribution in [0.5, 0.6) is 5.75 Å². The SMILES string of the molecule is COc1cccc(-c2cccc(C3(C)NC(=O)CS3)c2)c1. The van der Waals surface area contributed by atoms with E-state index in [0.717, 1.165) is 22.4 Å². The van der Waals surface area contributed by atoms with Gasteiger partial charge in [-0.05, 0) is 41.8 Å². The molecule has 1 aliphatic heterocycles. The van der Waals surface area contributed by atoms with Gasteiger partial charge in [-0.1, -0.05) is 30.3 Å². The highest BCUT2D eigenvalue weighted by Crippen LogP contribution is 2.38. The fraction of sp³-hybridized carbons (Fsp3) is 0.235. The first-order valence-electron chi connectivity index (χ1n) is 6.81. The van der Waals surface area contributed by atoms with Crippen LogP contribution < -0.4 is 10.1 Å². The molecule has 1 unspecified atom stereocenters. The topological polar surface area (TPSA) is 38.3 Å². The standard InChI is InChI=1S/C17H17NO2S/c1-17(18-16(19)11-21-17)14-7-3-5-12(9-14)13-6-4-8-15(10-13)20-2/h3-10H,11H2,1-2H3,(H,18,19). The first-order chi connectivity index (χ1) is 10.1. The molecule has 0 saturated carbocycles. The normalized spacial score (nSPS) is 21.1. The lowest BCUT2D eigenvalue weighted by atomic mass is 9.99. The molecule has 4 heteroatoms. The molecule has 1 aliphatic rings. The molecule has 108 valence electrons. The molecule has 1 N–H and O–H groups in total. The van der Waals surface area contributed by atoms with Gasteiger partial charge in [0.1, 0.15) is 10.6 Å². The number of carbonyl (C=O) groups excluding carboxylic acids is 1. The van der Waals surface area contributed by atoms with Crippen LogP contribution in [0.2, 0.25) is 0 Å². The van der Waals surface area contributed by atoms with Gasteiger partial charge >= 0.3 is 0 Å². The Kier molecular flexibility index (Phi) is 3.64. The smallest absolute Gasteiger partial charge is 0.231 e. The van der Waals surface area contributed by atoms with Crippen molar-refractivity contribution in [1.29, 1.82) is 0 Å². The average Bonchev–Trinajstić information content (AvgIpc) is 2.88. The number of amides is 1. The Morgan fingerprint density at radius 2 is 1.86 bits per heavy atom. The van der Waals surface area contributed by atoms with Gasteiger partial charge in [-0.25, -0.2) is 0 Å². The lowest BCUT2D eigenvalue weighted by Crippen LogP contribution is -2.33. The molecule has 1 saturated heterocycles. The van der Waals surface area contributed by atoms with Gasteiger partial charge in [-0.15, -0.1) is 11.8 Å². The molecule has 0 radical (unpaired) electrons. The fourth-order valence-electron chi connectivity index (χ4n) is 2.50. The van der Waals surface area contributed by atoms with Gasteiger partial charge in [0.05, 0.1) is 12.9 Å². The van der Waals surface area contributed by atoms with E-state index in [1.165, 1.54) is 0 Å². The quantitative estimate of drug-likeness (QED) is 0.944. The lowest BCUT2D eigenvalue weighted by Gasteiger charge is -2.24. The summed E-state index contributed by atoms with van der Waals surface area (Å²) in [6, 6.07) is 16.3. The van der Waals surface area contributed by atoms with E-state index >= 15 is 0 Å². The largest absolute Gasteiger partial charge is 0.497 e. The summed E-state index contributed by atoms with van der Waals surface area (Å²) < 4.78 is 5.28. The minimum absolute atomic E-state index is 0.0919. The summed E-state index contributed by atoms with van der Waals surface area (Å²) in [7, 11) is 1.67. The number of methoxy groups -OCH3 is 1. The Bertz CT molecular complexity index is 686. The molecule has 0 aromatic heterocycles. The van der Waals surface area contributed by atoms with Crippen molar-refractivity contribution in [3.63, 3.8) is 0 Å². The van der Waals surface area contributed by atoms with Crippen molar-refractivity contribution in [3.05, 3.63) is 54.1 Å². The molecule has 3 nitrogen and oxygen atoms in total. The van der Waals surface area contributed by atoms with Crippen molar-refractivity contribution in [3.8, 4) is 16.9 Å². The van der Waals surface area contributed by atoms with Crippen LogP contribution in [0.15, 0.2) is 48.5 Å². The van der Waals surface area contributed by atoms with Crippen molar-refractivity contribution < 1.29 is 9.53 Å². The van der Waals surface area contributed by atoms with Gasteiger partial charge in [0.15, 0.2) is 0 Å². The molecule has 3 rings (SSSR count). The van der Waals surface area contributed by atoms with Crippen molar-refractivity contribution in [2.24, 2.45) is 0 Å². The molecule has 1 heterocycles. The van der Waals surface area contributed by atoms with Crippen LogP contribution >= 0.6 is 11.8 Å². The maximum Gasteiger partial charge on any atom is 0.231 e. The Labute approximate surface area is 128 Å². The molecule has 1 amide bonds. The molecule has 1 fully saturated rings. The van der Waals surface area contributed by atoms with Gasteiger partial charge in [-0.3, -0.25) is 4.79 Å². The highest BCUT2D eigenvalue weighted by atomic mass is 32.2. The summed E-state index contributed by atoms with van der Waals surface area (Å²) in [4.78, 5) is 11.2. The third-order valence-corrected chi connectivity index (χ3v) is 5.01. The number of nitrogens with one attached hydrogen (secondary N) is 1. The van der Waals surface area contributed by atoms with Crippen LogP contribution in [-0.4, -0.2) is 18.8 Å². The van der Waals surface area contributed by atoms with Crippen LogP contribution in [0, 0.1) is 0 Å². The van der Waals surface area contributed by atoms with E-state index in [1.54, 1.807) is 18.9 Å². The Morgan fingerprint density at radius 3 is 2.52 bits per heavy atom. The Hall–Kier alpha value is -1.94. The number of thioether (sulfide) groups is 1. The Balaban J connectivity index is 1.98. The molecule has 2 aromatic rings. The maximum absolute atomic E-state index is 11.5. The summed E-state index contributed by atoms with van der Waals surface area (Å²) in [6.07, 6.45) is 0. The van der Waals surface area contributed by atoms with E-state index in [1.807, 2.05) is 31.2 Å². The second-order valence-corrected chi connectivity index (χ2v) is 6.58. The van der Waals surface area contributed by atoms with Gasteiger partial charge in [0.25, 0.3) is 0 Å². The number of carbonyl (C=O) groups is 1. The predicted octanol–water partition coefficient (Wildman–Crippen LogP) is 3.40. The first kappa shape index (κ1) is 14.0. The number of hydrogen-bond acceptors (Lipinski definition) is 3. The predicted molar refractivity (Wildman–Crippen MR) is 86.4 cm³/mol. The van der Waals surface area contributed by atoms with Crippen LogP contribution in [0.3, 0.4) is 0 Å². The zero-order chi connectivity index (χ0) is 14.9. The summed E-state index contributed by atoms with van der Waals surface area (Å²) in [5.74, 6) is 1.45. The van der Waals surface area contributed by atoms with E-state index in [0.29, 0.717) is 5.75 Å².